The van der Waals surface area contributed by atoms with Gasteiger partial charge in [0.2, 0.25) is 0 Å². The fourth-order valence-corrected chi connectivity index (χ4v) is 2.49. The number of amides is 1. The molecule has 1 amide bonds. The highest BCUT2D eigenvalue weighted by atomic mass is 32.2. The summed E-state index contributed by atoms with van der Waals surface area (Å²) in [6.45, 7) is 0. The molecule has 0 fully saturated rings. The van der Waals surface area contributed by atoms with Gasteiger partial charge in [0, 0.05) is 10.6 Å². The second-order valence-corrected chi connectivity index (χ2v) is 4.79. The van der Waals surface area contributed by atoms with E-state index >= 15 is 0 Å². The van der Waals surface area contributed by atoms with Gasteiger partial charge in [-0.25, -0.2) is 10.2 Å². The summed E-state index contributed by atoms with van der Waals surface area (Å²) in [5.74, 6) is 5.08. The lowest BCUT2D eigenvalue weighted by Gasteiger charge is -2.03. The molecule has 7 heteroatoms. The van der Waals surface area contributed by atoms with Gasteiger partial charge in [-0.2, -0.15) is 0 Å². The van der Waals surface area contributed by atoms with Crippen LogP contribution in [0.2, 0.25) is 0 Å². The van der Waals surface area contributed by atoms with E-state index in [0.29, 0.717) is 27.7 Å². The van der Waals surface area contributed by atoms with Gasteiger partial charge < -0.3 is 10.2 Å². The maximum absolute atomic E-state index is 13.2. The molecule has 0 aliphatic rings. The number of hydrogen-bond donors (Lipinski definition) is 3. The van der Waals surface area contributed by atoms with Crippen molar-refractivity contribution in [2.45, 2.75) is 10.6 Å². The third-order valence-corrected chi connectivity index (χ3v) is 3.36. The number of carbonyl (C=O) groups excluding carboxylic acids is 1. The number of halogens is 1. The van der Waals surface area contributed by atoms with E-state index in [-0.39, 0.29) is 0 Å². The lowest BCUT2D eigenvalue weighted by Crippen LogP contribution is -2.30. The van der Waals surface area contributed by atoms with Gasteiger partial charge in [0.25, 0.3) is 5.91 Å². The van der Waals surface area contributed by atoms with Crippen LogP contribution in [-0.4, -0.2) is 5.91 Å². The van der Waals surface area contributed by atoms with Crippen LogP contribution in [-0.2, 0) is 5.75 Å². The topological polar surface area (TPSA) is 94.3 Å². The van der Waals surface area contributed by atoms with Crippen molar-refractivity contribution in [2.24, 2.45) is 5.84 Å². The van der Waals surface area contributed by atoms with Gasteiger partial charge >= 0.3 is 0 Å². The number of hydrogen-bond acceptors (Lipinski definition) is 5. The Bertz CT molecular complexity index is 580. The van der Waals surface area contributed by atoms with E-state index < -0.39 is 11.7 Å². The molecule has 5 nitrogen and oxygen atoms in total. The van der Waals surface area contributed by atoms with Crippen LogP contribution < -0.4 is 17.0 Å². The minimum Gasteiger partial charge on any atom is -0.468 e. The molecule has 100 valence electrons. The average molecular weight is 281 g/mol. The molecule has 2 aromatic rings. The molecule has 1 aromatic heterocycles. The van der Waals surface area contributed by atoms with Crippen molar-refractivity contribution in [2.75, 3.05) is 5.73 Å². The summed E-state index contributed by atoms with van der Waals surface area (Å²) in [7, 11) is 0. The van der Waals surface area contributed by atoms with Crippen molar-refractivity contribution in [1.82, 2.24) is 5.43 Å². The number of benzene rings is 1. The number of anilines is 1. The maximum atomic E-state index is 13.2. The van der Waals surface area contributed by atoms with Gasteiger partial charge in [0.05, 0.1) is 17.6 Å². The number of thioether (sulfide) groups is 1. The summed E-state index contributed by atoms with van der Waals surface area (Å²) in [4.78, 5) is 12.1. The number of carbonyl (C=O) groups is 1. The molecule has 1 aromatic carbocycles. The van der Waals surface area contributed by atoms with Gasteiger partial charge in [-0.05, 0) is 24.3 Å². The summed E-state index contributed by atoms with van der Waals surface area (Å²) < 4.78 is 18.4. The molecule has 19 heavy (non-hydrogen) atoms. The van der Waals surface area contributed by atoms with Crippen molar-refractivity contribution < 1.29 is 13.6 Å². The molecular weight excluding hydrogens is 269 g/mol. The normalized spacial score (nSPS) is 10.4. The molecule has 0 radical (unpaired) electrons. The van der Waals surface area contributed by atoms with Crippen LogP contribution in [0.3, 0.4) is 0 Å². The van der Waals surface area contributed by atoms with Crippen LogP contribution in [0.15, 0.2) is 39.8 Å². The standard InChI is InChI=1S/C12H12FN3O2S/c13-7-3-8(14)5-9(4-7)19-6-11-10(1-2-18-11)12(17)16-15/h1-5H,6,14-15H2,(H,16,17). The highest BCUT2D eigenvalue weighted by Gasteiger charge is 2.13. The quantitative estimate of drug-likeness (QED) is 0.261. The average Bonchev–Trinajstić information content (AvgIpc) is 2.82. The van der Waals surface area contributed by atoms with Gasteiger partial charge in [0.15, 0.2) is 0 Å². The predicted molar refractivity (Wildman–Crippen MR) is 70.7 cm³/mol. The lowest BCUT2D eigenvalue weighted by atomic mass is 10.2. The summed E-state index contributed by atoms with van der Waals surface area (Å²) in [6, 6.07) is 5.79. The van der Waals surface area contributed by atoms with Crippen molar-refractivity contribution >= 4 is 23.4 Å². The van der Waals surface area contributed by atoms with Gasteiger partial charge in [-0.15, -0.1) is 11.8 Å². The van der Waals surface area contributed by atoms with E-state index in [1.54, 1.807) is 6.07 Å². The second kappa shape index (κ2) is 5.77. The molecule has 0 saturated carbocycles. The van der Waals surface area contributed by atoms with Gasteiger partial charge in [-0.1, -0.05) is 0 Å². The first kappa shape index (κ1) is 13.4. The van der Waals surface area contributed by atoms with Crippen LogP contribution in [0.5, 0.6) is 0 Å². The number of rotatable bonds is 4. The molecule has 0 saturated heterocycles. The summed E-state index contributed by atoms with van der Waals surface area (Å²) in [5, 5.41) is 0. The highest BCUT2D eigenvalue weighted by Crippen LogP contribution is 2.27. The Morgan fingerprint density at radius 1 is 1.42 bits per heavy atom. The van der Waals surface area contributed by atoms with Crippen molar-refractivity contribution in [3.05, 3.63) is 47.7 Å². The Hall–Kier alpha value is -1.99. The van der Waals surface area contributed by atoms with Gasteiger partial charge in [-0.3, -0.25) is 10.2 Å². The monoisotopic (exact) mass is 281 g/mol. The molecule has 0 aliphatic carbocycles. The molecule has 0 unspecified atom stereocenters. The van der Waals surface area contributed by atoms with Crippen molar-refractivity contribution in [3.63, 3.8) is 0 Å². The molecular formula is C12H12FN3O2S. The maximum Gasteiger partial charge on any atom is 0.268 e. The Balaban J connectivity index is 2.10. The first-order valence-corrected chi connectivity index (χ1v) is 6.35. The number of nitrogen functional groups attached to an aromatic ring is 2. The van der Waals surface area contributed by atoms with E-state index in [2.05, 4.69) is 0 Å². The summed E-state index contributed by atoms with van der Waals surface area (Å²) in [6.07, 6.45) is 1.40. The van der Waals surface area contributed by atoms with Crippen molar-refractivity contribution in [1.29, 1.82) is 0 Å². The van der Waals surface area contributed by atoms with Crippen LogP contribution in [0.1, 0.15) is 16.1 Å². The van der Waals surface area contributed by atoms with Crippen LogP contribution in [0, 0.1) is 5.82 Å². The fraction of sp³-hybridized carbons (Fsp3) is 0.0833. The predicted octanol–water partition coefficient (Wildman–Crippen LogP) is 1.90. The molecule has 0 aliphatic heterocycles. The zero-order chi connectivity index (χ0) is 13.8. The third kappa shape index (κ3) is 3.27. The van der Waals surface area contributed by atoms with E-state index in [1.165, 1.54) is 36.2 Å². The smallest absolute Gasteiger partial charge is 0.268 e. The van der Waals surface area contributed by atoms with Gasteiger partial charge in [0.1, 0.15) is 11.6 Å². The number of furan rings is 1. The largest absolute Gasteiger partial charge is 0.468 e. The molecule has 1 heterocycles. The Morgan fingerprint density at radius 3 is 2.89 bits per heavy atom. The van der Waals surface area contributed by atoms with E-state index in [1.807, 2.05) is 5.43 Å². The summed E-state index contributed by atoms with van der Waals surface area (Å²) in [5.41, 5.74) is 8.30. The van der Waals surface area contributed by atoms with Crippen molar-refractivity contribution in [3.8, 4) is 0 Å². The fourth-order valence-electron chi connectivity index (χ4n) is 1.55. The number of hydrazine groups is 1. The lowest BCUT2D eigenvalue weighted by molar-refractivity contribution is 0.0952. The number of nitrogens with two attached hydrogens (primary N) is 2. The minimum absolute atomic E-state index is 0.349. The first-order chi connectivity index (χ1) is 9.10. The third-order valence-electron chi connectivity index (χ3n) is 2.38. The molecule has 5 N–H and O–H groups in total. The van der Waals surface area contributed by atoms with E-state index in [4.69, 9.17) is 16.0 Å². The molecule has 0 spiro atoms. The molecule has 2 rings (SSSR count). The Morgan fingerprint density at radius 2 is 2.21 bits per heavy atom. The van der Waals surface area contributed by atoms with Crippen LogP contribution in [0.25, 0.3) is 0 Å². The Labute approximate surface area is 113 Å². The zero-order valence-electron chi connectivity index (χ0n) is 9.85. The Kier molecular flexibility index (Phi) is 4.08. The van der Waals surface area contributed by atoms with Crippen LogP contribution >= 0.6 is 11.8 Å². The SMILES string of the molecule is NNC(=O)c1ccoc1CSc1cc(N)cc(F)c1. The van der Waals surface area contributed by atoms with E-state index in [9.17, 15) is 9.18 Å². The highest BCUT2D eigenvalue weighted by molar-refractivity contribution is 7.98. The molecule has 0 atom stereocenters. The van der Waals surface area contributed by atoms with E-state index in [0.717, 1.165) is 0 Å². The summed E-state index contributed by atoms with van der Waals surface area (Å²) >= 11 is 1.31. The second-order valence-electron chi connectivity index (χ2n) is 3.74. The number of nitrogens with one attached hydrogen (secondary N) is 1. The van der Waals surface area contributed by atoms with Crippen LogP contribution in [0.4, 0.5) is 10.1 Å². The first-order valence-electron chi connectivity index (χ1n) is 5.36. The minimum atomic E-state index is -0.428. The molecule has 0 bridgehead atoms. The zero-order valence-corrected chi connectivity index (χ0v) is 10.7.